The predicted octanol–water partition coefficient (Wildman–Crippen LogP) is 3.60. The van der Waals surface area contributed by atoms with Crippen LogP contribution in [-0.2, 0) is 4.79 Å². The molecule has 8 heteroatoms. The van der Waals surface area contributed by atoms with Crippen LogP contribution in [0.1, 0.15) is 23.7 Å². The van der Waals surface area contributed by atoms with Gasteiger partial charge in [0.1, 0.15) is 11.5 Å². The highest BCUT2D eigenvalue weighted by atomic mass is 79.9. The number of amides is 2. The summed E-state index contributed by atoms with van der Waals surface area (Å²) in [6.45, 7) is 1.66. The van der Waals surface area contributed by atoms with Gasteiger partial charge in [0, 0.05) is 27.5 Å². The highest BCUT2D eigenvalue weighted by molar-refractivity contribution is 9.10. The number of hydrazone groups is 1. The Morgan fingerprint density at radius 1 is 1.04 bits per heavy atom. The van der Waals surface area contributed by atoms with Gasteiger partial charge in [-0.2, -0.15) is 5.10 Å². The van der Waals surface area contributed by atoms with Gasteiger partial charge in [0.2, 0.25) is 5.91 Å². The summed E-state index contributed by atoms with van der Waals surface area (Å²) in [5.74, 6) is 0.332. The summed E-state index contributed by atoms with van der Waals surface area (Å²) < 4.78 is 11.2. The molecule has 2 rings (SSSR count). The smallest absolute Gasteiger partial charge is 0.271 e. The third-order valence-electron chi connectivity index (χ3n) is 3.51. The fraction of sp³-hybridized carbons (Fsp3) is 0.211. The lowest BCUT2D eigenvalue weighted by molar-refractivity contribution is -0.115. The number of carbonyl (C=O) groups is 2. The van der Waals surface area contributed by atoms with Gasteiger partial charge in [-0.25, -0.2) is 5.43 Å². The maximum atomic E-state index is 12.3. The Morgan fingerprint density at radius 2 is 1.63 bits per heavy atom. The summed E-state index contributed by atoms with van der Waals surface area (Å²) in [6, 6.07) is 12.0. The molecule has 0 aliphatic carbocycles. The van der Waals surface area contributed by atoms with Crippen LogP contribution in [0.5, 0.6) is 11.5 Å². The maximum absolute atomic E-state index is 12.3. The molecular weight excluding hydrogens is 414 g/mol. The summed E-state index contributed by atoms with van der Waals surface area (Å²) in [7, 11) is 3.01. The van der Waals surface area contributed by atoms with Gasteiger partial charge in [0.25, 0.3) is 5.91 Å². The van der Waals surface area contributed by atoms with E-state index in [0.29, 0.717) is 28.5 Å². The monoisotopic (exact) mass is 433 g/mol. The van der Waals surface area contributed by atoms with Gasteiger partial charge in [0.05, 0.1) is 20.6 Å². The van der Waals surface area contributed by atoms with E-state index in [1.807, 2.05) is 12.1 Å². The lowest BCUT2D eigenvalue weighted by Gasteiger charge is -2.08. The largest absolute Gasteiger partial charge is 0.497 e. The Labute approximate surface area is 165 Å². The van der Waals surface area contributed by atoms with E-state index in [4.69, 9.17) is 9.47 Å². The molecule has 0 radical (unpaired) electrons. The van der Waals surface area contributed by atoms with Gasteiger partial charge >= 0.3 is 0 Å². The molecule has 2 aromatic carbocycles. The molecule has 2 aromatic rings. The van der Waals surface area contributed by atoms with E-state index in [1.54, 1.807) is 37.3 Å². The maximum Gasteiger partial charge on any atom is 0.271 e. The fourth-order valence-electron chi connectivity index (χ4n) is 2.16. The number of hydrogen-bond donors (Lipinski definition) is 2. The second-order valence-electron chi connectivity index (χ2n) is 5.62. The first-order chi connectivity index (χ1) is 12.9. The summed E-state index contributed by atoms with van der Waals surface area (Å²) in [6.07, 6.45) is 0.0533. The number of halogens is 1. The first-order valence-corrected chi connectivity index (χ1v) is 8.82. The molecule has 2 amide bonds. The van der Waals surface area contributed by atoms with E-state index < -0.39 is 5.91 Å². The second-order valence-corrected chi connectivity index (χ2v) is 6.54. The quantitative estimate of drug-likeness (QED) is 0.515. The standard InChI is InChI=1S/C19H20BrN3O4/c1-12(8-18(24)21-15-6-4-14(20)5-7-15)22-23-19(25)13-9-16(26-2)11-17(10-13)27-3/h4-7,9-11H,8H2,1-3H3,(H,21,24)(H,23,25)/b22-12-. The van der Waals surface area contributed by atoms with Crippen LogP contribution in [0.15, 0.2) is 52.0 Å². The van der Waals surface area contributed by atoms with Crippen molar-refractivity contribution in [2.45, 2.75) is 13.3 Å². The molecule has 0 spiro atoms. The van der Waals surface area contributed by atoms with Crippen LogP contribution in [-0.4, -0.2) is 31.7 Å². The zero-order valence-corrected chi connectivity index (χ0v) is 16.8. The van der Waals surface area contributed by atoms with Crippen molar-refractivity contribution in [3.05, 3.63) is 52.5 Å². The van der Waals surface area contributed by atoms with Crippen LogP contribution in [0.4, 0.5) is 5.69 Å². The molecule has 7 nitrogen and oxygen atoms in total. The number of ether oxygens (including phenoxy) is 2. The van der Waals surface area contributed by atoms with Crippen LogP contribution >= 0.6 is 15.9 Å². The number of benzene rings is 2. The Balaban J connectivity index is 1.95. The zero-order chi connectivity index (χ0) is 19.8. The van der Waals surface area contributed by atoms with Gasteiger partial charge in [-0.05, 0) is 43.3 Å². The number of rotatable bonds is 7. The van der Waals surface area contributed by atoms with Gasteiger partial charge < -0.3 is 14.8 Å². The highest BCUT2D eigenvalue weighted by Crippen LogP contribution is 2.22. The molecule has 0 bridgehead atoms. The van der Waals surface area contributed by atoms with E-state index in [-0.39, 0.29) is 12.3 Å². The number of nitrogens with zero attached hydrogens (tertiary/aromatic N) is 1. The van der Waals surface area contributed by atoms with Gasteiger partial charge in [0.15, 0.2) is 0 Å². The first kappa shape index (κ1) is 20.4. The minimum absolute atomic E-state index is 0.0533. The van der Waals surface area contributed by atoms with E-state index in [9.17, 15) is 9.59 Å². The van der Waals surface area contributed by atoms with Crippen LogP contribution in [0, 0.1) is 0 Å². The molecule has 0 aliphatic rings. The molecule has 0 saturated carbocycles. The lowest BCUT2D eigenvalue weighted by atomic mass is 10.2. The highest BCUT2D eigenvalue weighted by Gasteiger charge is 2.10. The van der Waals surface area contributed by atoms with Crippen molar-refractivity contribution in [1.82, 2.24) is 5.43 Å². The van der Waals surface area contributed by atoms with Crippen molar-refractivity contribution in [3.8, 4) is 11.5 Å². The normalized spacial score (nSPS) is 10.9. The molecular formula is C19H20BrN3O4. The van der Waals surface area contributed by atoms with E-state index in [0.717, 1.165) is 4.47 Å². The average molecular weight is 434 g/mol. The molecule has 0 aliphatic heterocycles. The fourth-order valence-corrected chi connectivity index (χ4v) is 2.42. The Hall–Kier alpha value is -2.87. The molecule has 0 aromatic heterocycles. The molecule has 0 unspecified atom stereocenters. The second kappa shape index (κ2) is 9.72. The number of nitrogens with one attached hydrogen (secondary N) is 2. The van der Waals surface area contributed by atoms with Crippen molar-refractivity contribution in [1.29, 1.82) is 0 Å². The third kappa shape index (κ3) is 6.41. The molecule has 142 valence electrons. The van der Waals surface area contributed by atoms with Crippen molar-refractivity contribution in [2.24, 2.45) is 5.10 Å². The first-order valence-electron chi connectivity index (χ1n) is 8.03. The van der Waals surface area contributed by atoms with Crippen molar-refractivity contribution in [2.75, 3.05) is 19.5 Å². The number of hydrogen-bond acceptors (Lipinski definition) is 5. The van der Waals surface area contributed by atoms with Crippen LogP contribution < -0.4 is 20.2 Å². The average Bonchev–Trinajstić information content (AvgIpc) is 2.67. The summed E-state index contributed by atoms with van der Waals surface area (Å²) in [4.78, 5) is 24.3. The Kier molecular flexibility index (Phi) is 7.36. The van der Waals surface area contributed by atoms with E-state index in [1.165, 1.54) is 14.2 Å². The van der Waals surface area contributed by atoms with E-state index >= 15 is 0 Å². The number of methoxy groups -OCH3 is 2. The van der Waals surface area contributed by atoms with Crippen LogP contribution in [0.3, 0.4) is 0 Å². The minimum atomic E-state index is -0.431. The summed E-state index contributed by atoms with van der Waals surface area (Å²) in [5, 5.41) is 6.74. The minimum Gasteiger partial charge on any atom is -0.497 e. The van der Waals surface area contributed by atoms with Crippen molar-refractivity contribution >= 4 is 39.1 Å². The molecule has 0 atom stereocenters. The molecule has 27 heavy (non-hydrogen) atoms. The van der Waals surface area contributed by atoms with Crippen molar-refractivity contribution < 1.29 is 19.1 Å². The number of carbonyl (C=O) groups excluding carboxylic acids is 2. The SMILES string of the molecule is COc1cc(OC)cc(C(=O)N/N=C(/C)CC(=O)Nc2ccc(Br)cc2)c1. The Bertz CT molecular complexity index is 828. The Morgan fingerprint density at radius 3 is 2.19 bits per heavy atom. The lowest BCUT2D eigenvalue weighted by Crippen LogP contribution is -2.21. The summed E-state index contributed by atoms with van der Waals surface area (Å²) >= 11 is 3.34. The van der Waals surface area contributed by atoms with Gasteiger partial charge in [-0.1, -0.05) is 15.9 Å². The molecule has 0 fully saturated rings. The molecule has 0 saturated heterocycles. The molecule has 2 N–H and O–H groups in total. The van der Waals surface area contributed by atoms with Crippen LogP contribution in [0.2, 0.25) is 0 Å². The summed E-state index contributed by atoms with van der Waals surface area (Å²) in [5.41, 5.74) is 3.91. The molecule has 0 heterocycles. The zero-order valence-electron chi connectivity index (χ0n) is 15.2. The number of anilines is 1. The van der Waals surface area contributed by atoms with Gasteiger partial charge in [-0.15, -0.1) is 0 Å². The topological polar surface area (TPSA) is 89.0 Å². The van der Waals surface area contributed by atoms with Crippen molar-refractivity contribution in [3.63, 3.8) is 0 Å². The predicted molar refractivity (Wildman–Crippen MR) is 108 cm³/mol. The van der Waals surface area contributed by atoms with Gasteiger partial charge in [-0.3, -0.25) is 9.59 Å². The van der Waals surface area contributed by atoms with Crippen LogP contribution in [0.25, 0.3) is 0 Å². The van der Waals surface area contributed by atoms with E-state index in [2.05, 4.69) is 31.8 Å². The third-order valence-corrected chi connectivity index (χ3v) is 4.03.